The number of amides is 1. The molecule has 11 heteroatoms. The van der Waals surface area contributed by atoms with Gasteiger partial charge in [-0.25, -0.2) is 17.8 Å². The van der Waals surface area contributed by atoms with Gasteiger partial charge in [0.1, 0.15) is 17.3 Å². The van der Waals surface area contributed by atoms with E-state index in [4.69, 9.17) is 4.98 Å². The van der Waals surface area contributed by atoms with E-state index in [0.717, 1.165) is 27.3 Å². The predicted molar refractivity (Wildman–Crippen MR) is 191 cm³/mol. The number of fused-ring (bicyclic) bond motifs is 3. The number of ketones is 1. The lowest BCUT2D eigenvalue weighted by atomic mass is 10.0. The van der Waals surface area contributed by atoms with Crippen LogP contribution >= 0.6 is 11.3 Å². The number of carbonyl (C=O) groups is 2. The average molecular weight is 695 g/mol. The maximum Gasteiger partial charge on any atom is 0.276 e. The Balaban J connectivity index is 1.10. The van der Waals surface area contributed by atoms with Gasteiger partial charge < -0.3 is 9.80 Å². The first-order chi connectivity index (χ1) is 23.7. The lowest BCUT2D eigenvalue weighted by Gasteiger charge is -2.25. The van der Waals surface area contributed by atoms with E-state index in [1.165, 1.54) is 21.7 Å². The fourth-order valence-electron chi connectivity index (χ4n) is 6.54. The maximum atomic E-state index is 14.5. The van der Waals surface area contributed by atoms with Crippen molar-refractivity contribution in [2.24, 2.45) is 0 Å². The average Bonchev–Trinajstić information content (AvgIpc) is 3.28. The summed E-state index contributed by atoms with van der Waals surface area (Å²) in [5, 5.41) is 0. The van der Waals surface area contributed by atoms with Crippen molar-refractivity contribution in [1.29, 1.82) is 0 Å². The number of aryl methyl sites for hydroxylation is 1. The topological polar surface area (TPSA) is 90.9 Å². The molecule has 8 nitrogen and oxygen atoms in total. The molecule has 4 heterocycles. The van der Waals surface area contributed by atoms with Crippen LogP contribution in [0.2, 0.25) is 0 Å². The number of rotatable bonds is 7. The third-order valence-corrected chi connectivity index (χ3v) is 12.3. The SMILES string of the molecule is Cc1cccc(F)c1CC(=O)c1cc2c(s1)-c1ccccc1N(C(=O)c1cccc(N3CCCN(S(=O)(=O)c4ccccc4)CC3)n1)CC2. The largest absolute Gasteiger partial charge is 0.355 e. The van der Waals surface area contributed by atoms with Crippen LogP contribution in [0.3, 0.4) is 0 Å². The van der Waals surface area contributed by atoms with Gasteiger partial charge in [0.2, 0.25) is 10.0 Å². The van der Waals surface area contributed by atoms with E-state index < -0.39 is 10.0 Å². The Hall–Kier alpha value is -4.71. The minimum atomic E-state index is -3.61. The van der Waals surface area contributed by atoms with Gasteiger partial charge in [-0.15, -0.1) is 11.3 Å². The Bertz CT molecular complexity index is 2130. The Morgan fingerprint density at radius 3 is 2.45 bits per heavy atom. The number of thiophene rings is 1. The van der Waals surface area contributed by atoms with E-state index in [0.29, 0.717) is 67.5 Å². The molecule has 1 fully saturated rings. The van der Waals surface area contributed by atoms with E-state index in [1.54, 1.807) is 47.4 Å². The quantitative estimate of drug-likeness (QED) is 0.175. The van der Waals surface area contributed by atoms with Crippen LogP contribution in [0.4, 0.5) is 15.9 Å². The second kappa shape index (κ2) is 13.7. The van der Waals surface area contributed by atoms with Crippen molar-refractivity contribution in [1.82, 2.24) is 9.29 Å². The van der Waals surface area contributed by atoms with Gasteiger partial charge in [-0.2, -0.15) is 4.31 Å². The zero-order valence-corrected chi connectivity index (χ0v) is 28.6. The lowest BCUT2D eigenvalue weighted by Crippen LogP contribution is -2.36. The smallest absolute Gasteiger partial charge is 0.276 e. The van der Waals surface area contributed by atoms with E-state index in [2.05, 4.69) is 0 Å². The van der Waals surface area contributed by atoms with Gasteiger partial charge in [0, 0.05) is 49.6 Å². The molecule has 49 heavy (non-hydrogen) atoms. The number of halogens is 1. The van der Waals surface area contributed by atoms with Crippen molar-refractivity contribution < 1.29 is 22.4 Å². The number of anilines is 2. The molecular weight excluding hydrogens is 660 g/mol. The number of Topliss-reactive ketones (excluding diaryl/α,β-unsaturated/α-hetero) is 1. The van der Waals surface area contributed by atoms with Crippen LogP contribution in [0.25, 0.3) is 10.4 Å². The molecule has 0 saturated carbocycles. The van der Waals surface area contributed by atoms with Crippen molar-refractivity contribution in [2.45, 2.75) is 31.1 Å². The summed E-state index contributed by atoms with van der Waals surface area (Å²) in [5.74, 6) is -0.122. The Morgan fingerprint density at radius 1 is 0.857 bits per heavy atom. The molecule has 0 unspecified atom stereocenters. The molecule has 1 amide bonds. The number of benzene rings is 3. The van der Waals surface area contributed by atoms with Gasteiger partial charge in [0.05, 0.1) is 15.5 Å². The van der Waals surface area contributed by atoms with E-state index in [1.807, 2.05) is 60.4 Å². The Labute approximate surface area is 289 Å². The second-order valence-electron chi connectivity index (χ2n) is 12.3. The second-order valence-corrected chi connectivity index (χ2v) is 15.3. The molecule has 5 aromatic rings. The van der Waals surface area contributed by atoms with Crippen molar-refractivity contribution in [3.05, 3.63) is 130 Å². The molecule has 0 radical (unpaired) electrons. The molecule has 250 valence electrons. The van der Waals surface area contributed by atoms with Gasteiger partial charge in [-0.1, -0.05) is 54.6 Å². The summed E-state index contributed by atoms with van der Waals surface area (Å²) in [4.78, 5) is 37.8. The zero-order chi connectivity index (χ0) is 34.1. The van der Waals surface area contributed by atoms with E-state index in [-0.39, 0.29) is 28.8 Å². The summed E-state index contributed by atoms with van der Waals surface area (Å²) in [5.41, 5.74) is 4.03. The van der Waals surface area contributed by atoms with Crippen LogP contribution in [-0.2, 0) is 22.9 Å². The first-order valence-corrected chi connectivity index (χ1v) is 18.5. The fraction of sp³-hybridized carbons (Fsp3) is 0.237. The van der Waals surface area contributed by atoms with Gasteiger partial charge >= 0.3 is 0 Å². The first-order valence-electron chi connectivity index (χ1n) is 16.3. The molecule has 1 saturated heterocycles. The van der Waals surface area contributed by atoms with Gasteiger partial charge in [0.15, 0.2) is 5.78 Å². The number of nitrogens with zero attached hydrogens (tertiary/aromatic N) is 4. The van der Waals surface area contributed by atoms with Crippen LogP contribution in [0, 0.1) is 12.7 Å². The van der Waals surface area contributed by atoms with Crippen molar-refractivity contribution >= 4 is 44.6 Å². The molecule has 0 spiro atoms. The first kappa shape index (κ1) is 32.8. The highest BCUT2D eigenvalue weighted by Crippen LogP contribution is 2.42. The molecule has 7 rings (SSSR count). The molecule has 2 aliphatic rings. The van der Waals surface area contributed by atoms with Crippen LogP contribution in [0.15, 0.2) is 102 Å². The van der Waals surface area contributed by atoms with Crippen LogP contribution < -0.4 is 9.80 Å². The normalized spacial score (nSPS) is 15.2. The molecule has 2 aromatic heterocycles. The summed E-state index contributed by atoms with van der Waals surface area (Å²) >= 11 is 1.38. The molecular formula is C38H35FN4O4S2. The van der Waals surface area contributed by atoms with Crippen molar-refractivity contribution in [3.8, 4) is 10.4 Å². The summed E-state index contributed by atoms with van der Waals surface area (Å²) in [6.07, 6.45) is 1.15. The molecule has 0 bridgehead atoms. The number of hydrogen-bond acceptors (Lipinski definition) is 7. The third kappa shape index (κ3) is 6.53. The number of aromatic nitrogens is 1. The highest BCUT2D eigenvalue weighted by Gasteiger charge is 2.30. The minimum absolute atomic E-state index is 0.00987. The number of para-hydroxylation sites is 1. The number of sulfonamides is 1. The summed E-state index contributed by atoms with van der Waals surface area (Å²) < 4.78 is 42.5. The van der Waals surface area contributed by atoms with Crippen molar-refractivity contribution in [2.75, 3.05) is 42.5 Å². The minimum Gasteiger partial charge on any atom is -0.355 e. The monoisotopic (exact) mass is 694 g/mol. The van der Waals surface area contributed by atoms with E-state index >= 15 is 0 Å². The highest BCUT2D eigenvalue weighted by molar-refractivity contribution is 7.89. The standard InChI is InChI=1S/C38H35FN4O4S2/c1-26-10-7-14-31(39)30(26)25-34(44)35-24-27-18-21-43(33-16-6-5-13-29(33)37(27)48-35)38(45)32-15-8-17-36(40-32)41-19-9-20-42(23-22-41)49(46,47)28-11-3-2-4-12-28/h2-8,10-17,24H,9,18-23,25H2,1H3. The maximum absolute atomic E-state index is 14.5. The Kier molecular flexibility index (Phi) is 9.15. The summed E-state index contributed by atoms with van der Waals surface area (Å²) in [6, 6.07) is 28.2. The molecule has 0 aliphatic carbocycles. The molecule has 0 atom stereocenters. The molecule has 3 aromatic carbocycles. The van der Waals surface area contributed by atoms with Gasteiger partial charge in [0.25, 0.3) is 5.91 Å². The lowest BCUT2D eigenvalue weighted by molar-refractivity contribution is 0.0978. The number of carbonyl (C=O) groups excluding carboxylic acids is 2. The number of pyridine rings is 1. The van der Waals surface area contributed by atoms with E-state index in [9.17, 15) is 22.4 Å². The highest BCUT2D eigenvalue weighted by atomic mass is 32.2. The summed E-state index contributed by atoms with van der Waals surface area (Å²) in [7, 11) is -3.61. The van der Waals surface area contributed by atoms with Crippen LogP contribution in [-0.4, -0.2) is 62.1 Å². The van der Waals surface area contributed by atoms with Gasteiger partial charge in [-0.3, -0.25) is 9.59 Å². The van der Waals surface area contributed by atoms with Gasteiger partial charge in [-0.05, 0) is 78.9 Å². The van der Waals surface area contributed by atoms with Crippen molar-refractivity contribution in [3.63, 3.8) is 0 Å². The zero-order valence-electron chi connectivity index (χ0n) is 27.0. The molecule has 0 N–H and O–H groups in total. The van der Waals surface area contributed by atoms with Crippen LogP contribution in [0.1, 0.15) is 43.3 Å². The predicted octanol–water partition coefficient (Wildman–Crippen LogP) is 6.79. The third-order valence-electron chi connectivity index (χ3n) is 9.18. The van der Waals surface area contributed by atoms with Crippen LogP contribution in [0.5, 0.6) is 0 Å². The molecule has 2 aliphatic heterocycles. The fourth-order valence-corrected chi connectivity index (χ4v) is 9.22. The number of hydrogen-bond donors (Lipinski definition) is 0. The Morgan fingerprint density at radius 2 is 1.63 bits per heavy atom. The summed E-state index contributed by atoms with van der Waals surface area (Å²) in [6.45, 7) is 3.96.